The second kappa shape index (κ2) is 5.67. The summed E-state index contributed by atoms with van der Waals surface area (Å²) >= 11 is 6.18. The monoisotopic (exact) mass is 239 g/mol. The Morgan fingerprint density at radius 1 is 1.50 bits per heavy atom. The maximum Gasteiger partial charge on any atom is 0.0619 e. The summed E-state index contributed by atoms with van der Waals surface area (Å²) < 4.78 is 5.42. The van der Waals surface area contributed by atoms with Gasteiger partial charge >= 0.3 is 0 Å². The summed E-state index contributed by atoms with van der Waals surface area (Å²) in [4.78, 5) is 0. The Morgan fingerprint density at radius 3 is 3.06 bits per heavy atom. The smallest absolute Gasteiger partial charge is 0.0619 e. The van der Waals surface area contributed by atoms with Gasteiger partial charge in [-0.3, -0.25) is 0 Å². The fourth-order valence-electron chi connectivity index (χ4n) is 1.95. The molecule has 3 heteroatoms. The maximum absolute atomic E-state index is 6.18. The Kier molecular flexibility index (Phi) is 4.22. The molecule has 1 unspecified atom stereocenters. The zero-order chi connectivity index (χ0) is 11.4. The molecule has 88 valence electrons. The van der Waals surface area contributed by atoms with Gasteiger partial charge in [0.2, 0.25) is 0 Å². The molecule has 1 heterocycles. The van der Waals surface area contributed by atoms with Gasteiger partial charge in [0.15, 0.2) is 0 Å². The van der Waals surface area contributed by atoms with E-state index in [1.165, 1.54) is 12.0 Å². The molecule has 0 bridgehead atoms. The summed E-state index contributed by atoms with van der Waals surface area (Å²) in [6.45, 7) is 4.61. The molecule has 2 rings (SSSR count). The number of ether oxygens (including phenoxy) is 1. The van der Waals surface area contributed by atoms with E-state index >= 15 is 0 Å². The molecule has 1 atom stereocenters. The highest BCUT2D eigenvalue weighted by atomic mass is 35.5. The van der Waals surface area contributed by atoms with E-state index in [4.69, 9.17) is 16.3 Å². The molecule has 0 saturated carbocycles. The van der Waals surface area contributed by atoms with E-state index in [1.54, 1.807) is 0 Å². The lowest BCUT2D eigenvalue weighted by molar-refractivity contribution is 0.0699. The van der Waals surface area contributed by atoms with E-state index in [0.717, 1.165) is 36.8 Å². The van der Waals surface area contributed by atoms with Crippen LogP contribution in [0.15, 0.2) is 18.2 Å². The lowest BCUT2D eigenvalue weighted by Crippen LogP contribution is -2.36. The van der Waals surface area contributed by atoms with E-state index in [2.05, 4.69) is 24.4 Å². The summed E-state index contributed by atoms with van der Waals surface area (Å²) in [6, 6.07) is 6.68. The van der Waals surface area contributed by atoms with E-state index in [9.17, 15) is 0 Å². The van der Waals surface area contributed by atoms with Crippen LogP contribution in [-0.2, 0) is 11.3 Å². The number of hydrogen-bond acceptors (Lipinski definition) is 2. The first-order valence-electron chi connectivity index (χ1n) is 5.82. The van der Waals surface area contributed by atoms with E-state index in [-0.39, 0.29) is 0 Å². The van der Waals surface area contributed by atoms with Crippen LogP contribution >= 0.6 is 11.6 Å². The molecule has 1 aromatic rings. The third-order valence-corrected chi connectivity index (χ3v) is 3.30. The van der Waals surface area contributed by atoms with Crippen molar-refractivity contribution in [3.05, 3.63) is 34.3 Å². The normalized spacial score (nSPS) is 21.0. The molecule has 0 aromatic heterocycles. The quantitative estimate of drug-likeness (QED) is 0.876. The minimum atomic E-state index is 0.478. The molecule has 0 amide bonds. The van der Waals surface area contributed by atoms with Crippen molar-refractivity contribution in [3.63, 3.8) is 0 Å². The van der Waals surface area contributed by atoms with Crippen molar-refractivity contribution in [1.82, 2.24) is 5.32 Å². The fourth-order valence-corrected chi connectivity index (χ4v) is 2.25. The molecule has 2 nitrogen and oxygen atoms in total. The molecular weight excluding hydrogens is 222 g/mol. The average Bonchev–Trinajstić information content (AvgIpc) is 2.29. The lowest BCUT2D eigenvalue weighted by atomic mass is 10.1. The Balaban J connectivity index is 1.88. The summed E-state index contributed by atoms with van der Waals surface area (Å²) in [6.07, 6.45) is 2.35. The van der Waals surface area contributed by atoms with E-state index in [1.807, 2.05) is 6.07 Å². The first-order valence-corrected chi connectivity index (χ1v) is 6.19. The molecule has 16 heavy (non-hydrogen) atoms. The zero-order valence-electron chi connectivity index (χ0n) is 9.63. The molecule has 0 aliphatic carbocycles. The number of halogens is 1. The summed E-state index contributed by atoms with van der Waals surface area (Å²) in [5, 5.41) is 4.34. The standard InChI is InChI=1S/C13H18ClNO/c1-10-4-5-11(13(14)7-10)8-15-12-3-2-6-16-9-12/h4-5,7,12,15H,2-3,6,8-9H2,1H3. The van der Waals surface area contributed by atoms with Gasteiger partial charge in [-0.1, -0.05) is 23.7 Å². The van der Waals surface area contributed by atoms with Crippen LogP contribution in [0.25, 0.3) is 0 Å². The van der Waals surface area contributed by atoms with Gasteiger partial charge in [0, 0.05) is 24.2 Å². The highest BCUT2D eigenvalue weighted by Gasteiger charge is 2.13. The van der Waals surface area contributed by atoms with Crippen molar-refractivity contribution in [3.8, 4) is 0 Å². The van der Waals surface area contributed by atoms with Gasteiger partial charge in [-0.2, -0.15) is 0 Å². The topological polar surface area (TPSA) is 21.3 Å². The average molecular weight is 240 g/mol. The number of nitrogens with one attached hydrogen (secondary N) is 1. The minimum Gasteiger partial charge on any atom is -0.380 e. The van der Waals surface area contributed by atoms with Crippen LogP contribution in [0.2, 0.25) is 5.02 Å². The maximum atomic E-state index is 6.18. The Labute approximate surface area is 102 Å². The van der Waals surface area contributed by atoms with Crippen LogP contribution in [0.1, 0.15) is 24.0 Å². The molecule has 1 saturated heterocycles. The van der Waals surface area contributed by atoms with E-state index < -0.39 is 0 Å². The predicted octanol–water partition coefficient (Wildman–Crippen LogP) is 2.92. The minimum absolute atomic E-state index is 0.478. The molecule has 0 radical (unpaired) electrons. The third kappa shape index (κ3) is 3.21. The molecule has 1 aromatic carbocycles. The van der Waals surface area contributed by atoms with Crippen molar-refractivity contribution in [1.29, 1.82) is 0 Å². The number of hydrogen-bond donors (Lipinski definition) is 1. The van der Waals surface area contributed by atoms with Crippen molar-refractivity contribution in [2.45, 2.75) is 32.4 Å². The molecule has 0 spiro atoms. The van der Waals surface area contributed by atoms with Crippen LogP contribution in [0.5, 0.6) is 0 Å². The van der Waals surface area contributed by atoms with Crippen molar-refractivity contribution < 1.29 is 4.74 Å². The van der Waals surface area contributed by atoms with Crippen molar-refractivity contribution in [2.75, 3.05) is 13.2 Å². The Bertz CT molecular complexity index is 348. The van der Waals surface area contributed by atoms with E-state index in [0.29, 0.717) is 6.04 Å². The SMILES string of the molecule is Cc1ccc(CNC2CCCOC2)c(Cl)c1. The number of aryl methyl sites for hydroxylation is 1. The summed E-state index contributed by atoms with van der Waals surface area (Å²) in [5.41, 5.74) is 2.37. The van der Waals surface area contributed by atoms with Gasteiger partial charge in [-0.25, -0.2) is 0 Å². The first kappa shape index (κ1) is 11.9. The van der Waals surface area contributed by atoms with Gasteiger partial charge in [0.25, 0.3) is 0 Å². The van der Waals surface area contributed by atoms with Gasteiger partial charge in [0.05, 0.1) is 6.61 Å². The van der Waals surface area contributed by atoms with Crippen molar-refractivity contribution in [2.24, 2.45) is 0 Å². The van der Waals surface area contributed by atoms with Gasteiger partial charge in [-0.05, 0) is 37.0 Å². The van der Waals surface area contributed by atoms with Gasteiger partial charge in [0.1, 0.15) is 0 Å². The van der Waals surface area contributed by atoms with Crippen molar-refractivity contribution >= 4 is 11.6 Å². The predicted molar refractivity (Wildman–Crippen MR) is 66.9 cm³/mol. The largest absolute Gasteiger partial charge is 0.380 e. The second-order valence-electron chi connectivity index (χ2n) is 4.39. The lowest BCUT2D eigenvalue weighted by Gasteiger charge is -2.23. The number of benzene rings is 1. The van der Waals surface area contributed by atoms with Gasteiger partial charge < -0.3 is 10.1 Å². The van der Waals surface area contributed by atoms with Crippen LogP contribution in [0.4, 0.5) is 0 Å². The number of rotatable bonds is 3. The fraction of sp³-hybridized carbons (Fsp3) is 0.538. The van der Waals surface area contributed by atoms with Crippen LogP contribution in [-0.4, -0.2) is 19.3 Å². The van der Waals surface area contributed by atoms with Crippen LogP contribution in [0.3, 0.4) is 0 Å². The molecule has 1 N–H and O–H groups in total. The third-order valence-electron chi connectivity index (χ3n) is 2.95. The summed E-state index contributed by atoms with van der Waals surface area (Å²) in [5.74, 6) is 0. The highest BCUT2D eigenvalue weighted by Crippen LogP contribution is 2.18. The Hall–Kier alpha value is -0.570. The summed E-state index contributed by atoms with van der Waals surface area (Å²) in [7, 11) is 0. The molecular formula is C13H18ClNO. The van der Waals surface area contributed by atoms with Crippen LogP contribution < -0.4 is 5.32 Å². The first-order chi connectivity index (χ1) is 7.75. The highest BCUT2D eigenvalue weighted by molar-refractivity contribution is 6.31. The zero-order valence-corrected chi connectivity index (χ0v) is 10.4. The van der Waals surface area contributed by atoms with Crippen LogP contribution in [0, 0.1) is 6.92 Å². The molecule has 1 fully saturated rings. The second-order valence-corrected chi connectivity index (χ2v) is 4.80. The molecule has 1 aliphatic rings. The Morgan fingerprint density at radius 2 is 2.38 bits per heavy atom. The van der Waals surface area contributed by atoms with Gasteiger partial charge in [-0.15, -0.1) is 0 Å². The molecule has 1 aliphatic heterocycles.